The summed E-state index contributed by atoms with van der Waals surface area (Å²) in [6.07, 6.45) is 1.16. The Balaban J connectivity index is 2.29. The lowest BCUT2D eigenvalue weighted by atomic mass is 9.97. The van der Waals surface area contributed by atoms with Gasteiger partial charge in [0.15, 0.2) is 0 Å². The van der Waals surface area contributed by atoms with Crippen molar-refractivity contribution in [3.63, 3.8) is 0 Å². The van der Waals surface area contributed by atoms with Gasteiger partial charge in [0.25, 0.3) is 0 Å². The van der Waals surface area contributed by atoms with Crippen LogP contribution >= 0.6 is 11.8 Å². The van der Waals surface area contributed by atoms with Gasteiger partial charge in [-0.05, 0) is 54.0 Å². The molecule has 0 N–H and O–H groups in total. The maximum atomic E-state index is 2.33. The number of thioether (sulfide) groups is 1. The minimum Gasteiger partial charge on any atom is -0.123 e. The molecule has 0 bridgehead atoms. The van der Waals surface area contributed by atoms with Crippen LogP contribution in [0.3, 0.4) is 0 Å². The largest absolute Gasteiger partial charge is 0.123 e. The highest BCUT2D eigenvalue weighted by Gasteiger charge is 2.09. The third kappa shape index (κ3) is 4.39. The molecule has 0 nitrogen and oxygen atoms in total. The Kier molecular flexibility index (Phi) is 5.74. The van der Waals surface area contributed by atoms with Crippen molar-refractivity contribution in [1.29, 1.82) is 0 Å². The molecule has 2 rings (SSSR count). The van der Waals surface area contributed by atoms with Gasteiger partial charge in [-0.15, -0.1) is 11.8 Å². The van der Waals surface area contributed by atoms with Gasteiger partial charge in [-0.3, -0.25) is 0 Å². The van der Waals surface area contributed by atoms with Gasteiger partial charge >= 0.3 is 0 Å². The van der Waals surface area contributed by atoms with Crippen molar-refractivity contribution >= 4 is 11.8 Å². The number of hydrogen-bond acceptors (Lipinski definition) is 1. The third-order valence-electron chi connectivity index (χ3n) is 3.75. The predicted octanol–water partition coefficient (Wildman–Crippen LogP) is 6.67. The van der Waals surface area contributed by atoms with Crippen molar-refractivity contribution in [1.82, 2.24) is 0 Å². The van der Waals surface area contributed by atoms with Crippen LogP contribution in [0, 0.1) is 19.8 Å². The van der Waals surface area contributed by atoms with E-state index in [1.807, 2.05) is 11.8 Å². The summed E-state index contributed by atoms with van der Waals surface area (Å²) in [5.41, 5.74) is 6.86. The van der Waals surface area contributed by atoms with Gasteiger partial charge in [0.1, 0.15) is 0 Å². The van der Waals surface area contributed by atoms with E-state index >= 15 is 0 Å². The maximum absolute atomic E-state index is 2.33. The number of benzene rings is 2. The van der Waals surface area contributed by atoms with Gasteiger partial charge in [-0.25, -0.2) is 0 Å². The fourth-order valence-corrected chi connectivity index (χ4v) is 3.80. The molecule has 0 aromatic heterocycles. The Bertz CT molecular complexity index is 598. The Morgan fingerprint density at radius 3 is 1.82 bits per heavy atom. The molecule has 0 fully saturated rings. The molecular formula is C21H28S. The van der Waals surface area contributed by atoms with Crippen LogP contribution in [0.2, 0.25) is 0 Å². The van der Waals surface area contributed by atoms with Gasteiger partial charge < -0.3 is 0 Å². The Morgan fingerprint density at radius 2 is 1.36 bits per heavy atom. The summed E-state index contributed by atoms with van der Waals surface area (Å²) in [6.45, 7) is 13.5. The maximum Gasteiger partial charge on any atom is 0.0133 e. The Hall–Kier alpha value is -1.21. The topological polar surface area (TPSA) is 0 Å². The molecule has 0 saturated heterocycles. The molecule has 0 amide bonds. The average Bonchev–Trinajstić information content (AvgIpc) is 2.42. The van der Waals surface area contributed by atoms with Crippen LogP contribution in [0.25, 0.3) is 11.1 Å². The van der Waals surface area contributed by atoms with Crippen LogP contribution in [-0.4, -0.2) is 5.25 Å². The smallest absolute Gasteiger partial charge is 0.0133 e. The molecule has 0 heterocycles. The molecule has 0 aliphatic heterocycles. The van der Waals surface area contributed by atoms with Crippen LogP contribution < -0.4 is 0 Å². The summed E-state index contributed by atoms with van der Waals surface area (Å²) < 4.78 is 0. The molecule has 0 saturated carbocycles. The zero-order chi connectivity index (χ0) is 16.3. The number of hydrogen-bond donors (Lipinski definition) is 0. The van der Waals surface area contributed by atoms with E-state index in [0.29, 0.717) is 11.2 Å². The minimum atomic E-state index is 0.624. The molecule has 2 aromatic carbocycles. The van der Waals surface area contributed by atoms with E-state index in [-0.39, 0.29) is 0 Å². The molecule has 118 valence electrons. The zero-order valence-electron chi connectivity index (χ0n) is 14.7. The van der Waals surface area contributed by atoms with Crippen molar-refractivity contribution in [2.24, 2.45) is 5.92 Å². The lowest BCUT2D eigenvalue weighted by Crippen LogP contribution is -1.95. The van der Waals surface area contributed by atoms with Gasteiger partial charge in [0.05, 0.1) is 0 Å². The third-order valence-corrected chi connectivity index (χ3v) is 5.10. The van der Waals surface area contributed by atoms with Crippen molar-refractivity contribution in [3.05, 3.63) is 53.1 Å². The number of aryl methyl sites for hydroxylation is 2. The first-order chi connectivity index (χ1) is 10.4. The molecule has 0 aliphatic rings. The molecule has 0 atom stereocenters. The summed E-state index contributed by atoms with van der Waals surface area (Å²) in [4.78, 5) is 1.44. The summed E-state index contributed by atoms with van der Waals surface area (Å²) in [6, 6.07) is 13.7. The molecule has 2 aromatic rings. The van der Waals surface area contributed by atoms with E-state index in [1.54, 1.807) is 0 Å². The van der Waals surface area contributed by atoms with Gasteiger partial charge in [-0.1, -0.05) is 64.1 Å². The van der Waals surface area contributed by atoms with E-state index in [2.05, 4.69) is 77.9 Å². The zero-order valence-corrected chi connectivity index (χ0v) is 15.6. The average molecular weight is 313 g/mol. The molecule has 22 heavy (non-hydrogen) atoms. The van der Waals surface area contributed by atoms with Crippen molar-refractivity contribution in [2.75, 3.05) is 0 Å². The summed E-state index contributed by atoms with van der Waals surface area (Å²) in [5, 5.41) is 0.624. The van der Waals surface area contributed by atoms with Crippen LogP contribution in [0.15, 0.2) is 41.3 Å². The fraction of sp³-hybridized carbons (Fsp3) is 0.429. The second-order valence-electron chi connectivity index (χ2n) is 6.90. The Morgan fingerprint density at radius 1 is 0.818 bits per heavy atom. The van der Waals surface area contributed by atoms with Gasteiger partial charge in [0.2, 0.25) is 0 Å². The predicted molar refractivity (Wildman–Crippen MR) is 101 cm³/mol. The second kappa shape index (κ2) is 7.37. The highest BCUT2D eigenvalue weighted by atomic mass is 32.2. The lowest BCUT2D eigenvalue weighted by Gasteiger charge is -2.14. The van der Waals surface area contributed by atoms with Gasteiger partial charge in [0, 0.05) is 10.1 Å². The Labute approximate surface area is 140 Å². The second-order valence-corrected chi connectivity index (χ2v) is 8.49. The monoisotopic (exact) mass is 312 g/mol. The van der Waals surface area contributed by atoms with E-state index in [9.17, 15) is 0 Å². The van der Waals surface area contributed by atoms with E-state index in [1.165, 1.54) is 32.7 Å². The summed E-state index contributed by atoms with van der Waals surface area (Å²) in [5.74, 6) is 0.711. The first-order valence-corrected chi connectivity index (χ1v) is 9.12. The molecular weight excluding hydrogens is 284 g/mol. The van der Waals surface area contributed by atoms with Crippen LogP contribution in [0.1, 0.15) is 44.4 Å². The minimum absolute atomic E-state index is 0.624. The quantitative estimate of drug-likeness (QED) is 0.556. The van der Waals surface area contributed by atoms with Crippen LogP contribution in [0.5, 0.6) is 0 Å². The van der Waals surface area contributed by atoms with E-state index < -0.39 is 0 Å². The highest BCUT2D eigenvalue weighted by molar-refractivity contribution is 8.00. The highest BCUT2D eigenvalue weighted by Crippen LogP contribution is 2.33. The normalized spacial score (nSPS) is 11.5. The fourth-order valence-electron chi connectivity index (χ4n) is 2.84. The summed E-state index contributed by atoms with van der Waals surface area (Å²) >= 11 is 1.96. The molecule has 0 radical (unpaired) electrons. The molecule has 0 spiro atoms. The van der Waals surface area contributed by atoms with Crippen molar-refractivity contribution in [2.45, 2.75) is 58.1 Å². The first kappa shape index (κ1) is 17.1. The first-order valence-electron chi connectivity index (χ1n) is 8.24. The molecule has 1 heteroatoms. The van der Waals surface area contributed by atoms with Crippen molar-refractivity contribution in [3.8, 4) is 11.1 Å². The number of rotatable bonds is 5. The van der Waals surface area contributed by atoms with Gasteiger partial charge in [-0.2, -0.15) is 0 Å². The van der Waals surface area contributed by atoms with E-state index in [4.69, 9.17) is 0 Å². The molecule has 0 unspecified atom stereocenters. The van der Waals surface area contributed by atoms with Crippen LogP contribution in [0.4, 0.5) is 0 Å². The van der Waals surface area contributed by atoms with Crippen LogP contribution in [-0.2, 0) is 6.42 Å². The molecule has 0 aliphatic carbocycles. The SMILES string of the molecule is Cc1cc(-c2ccc(CC(C)C)cc2)cc(C)c1SC(C)C. The summed E-state index contributed by atoms with van der Waals surface area (Å²) in [7, 11) is 0. The van der Waals surface area contributed by atoms with E-state index in [0.717, 1.165) is 6.42 Å². The standard InChI is InChI=1S/C21H28S/c1-14(2)11-18-7-9-19(10-8-18)20-12-16(5)21(17(6)13-20)22-15(3)4/h7-10,12-15H,11H2,1-6H3. The van der Waals surface area contributed by atoms with Crippen molar-refractivity contribution < 1.29 is 0 Å². The lowest BCUT2D eigenvalue weighted by molar-refractivity contribution is 0.647.